The maximum atomic E-state index is 3.40. The second-order valence-corrected chi connectivity index (χ2v) is 11.5. The summed E-state index contributed by atoms with van der Waals surface area (Å²) in [4.78, 5) is 0. The fraction of sp³-hybridized carbons (Fsp3) is 0.514. The van der Waals surface area contributed by atoms with Crippen molar-refractivity contribution in [2.45, 2.75) is 116 Å². The Kier molecular flexibility index (Phi) is 11.2. The monoisotopic (exact) mass is 492 g/mol. The lowest BCUT2D eigenvalue weighted by molar-refractivity contribution is 0.302. The Bertz CT molecular complexity index is 1130. The van der Waals surface area contributed by atoms with Gasteiger partial charge in [-0.05, 0) is 96.5 Å². The van der Waals surface area contributed by atoms with Crippen molar-refractivity contribution in [3.63, 3.8) is 0 Å². The molecule has 0 heterocycles. The topological polar surface area (TPSA) is 0 Å². The van der Waals surface area contributed by atoms with Crippen LogP contribution in [0.1, 0.15) is 132 Å². The van der Waals surface area contributed by atoms with Gasteiger partial charge < -0.3 is 0 Å². The zero-order valence-electron chi connectivity index (χ0n) is 23.5. The zero-order valence-corrected chi connectivity index (χ0v) is 23.5. The summed E-state index contributed by atoms with van der Waals surface area (Å²) in [5.74, 6) is 8.53. The Balaban J connectivity index is 1.28. The van der Waals surface area contributed by atoms with Gasteiger partial charge in [-0.2, -0.15) is 0 Å². The first-order valence-electron chi connectivity index (χ1n) is 15.4. The van der Waals surface area contributed by atoms with E-state index in [1.54, 1.807) is 0 Å². The minimum Gasteiger partial charge on any atom is -0.0654 e. The number of aryl methyl sites for hydroxylation is 1. The molecule has 0 radical (unpaired) electrons. The van der Waals surface area contributed by atoms with Crippen LogP contribution in [0, 0.1) is 17.8 Å². The van der Waals surface area contributed by atoms with Gasteiger partial charge in [-0.3, -0.25) is 0 Å². The second kappa shape index (κ2) is 15.0. The molecule has 1 aliphatic carbocycles. The lowest BCUT2D eigenvalue weighted by atomic mass is 9.77. The fourth-order valence-electron chi connectivity index (χ4n) is 6.09. The number of fused-ring (bicyclic) bond motifs is 1. The zero-order chi connectivity index (χ0) is 25.7. The van der Waals surface area contributed by atoms with Crippen molar-refractivity contribution in [1.82, 2.24) is 0 Å². The maximum absolute atomic E-state index is 3.40. The molecule has 0 unspecified atom stereocenters. The summed E-state index contributed by atoms with van der Waals surface area (Å²) in [6.07, 6.45) is 20.5. The van der Waals surface area contributed by atoms with Crippen molar-refractivity contribution >= 4 is 10.8 Å². The van der Waals surface area contributed by atoms with Gasteiger partial charge in [0.1, 0.15) is 0 Å². The van der Waals surface area contributed by atoms with E-state index in [9.17, 15) is 0 Å². The molecule has 1 aliphatic rings. The quantitative estimate of drug-likeness (QED) is 0.174. The summed E-state index contributed by atoms with van der Waals surface area (Å²) in [6.45, 7) is 4.58. The van der Waals surface area contributed by atoms with Crippen LogP contribution in [0.3, 0.4) is 0 Å². The van der Waals surface area contributed by atoms with Gasteiger partial charge in [0.05, 0.1) is 0 Å². The molecule has 0 amide bonds. The number of hydrogen-bond donors (Lipinski definition) is 0. The Morgan fingerprint density at radius 3 is 1.97 bits per heavy atom. The van der Waals surface area contributed by atoms with Gasteiger partial charge in [-0.25, -0.2) is 0 Å². The smallest absolute Gasteiger partial charge is 0.0255 e. The van der Waals surface area contributed by atoms with Crippen LogP contribution in [-0.2, 0) is 6.42 Å². The maximum Gasteiger partial charge on any atom is 0.0255 e. The van der Waals surface area contributed by atoms with E-state index in [0.29, 0.717) is 0 Å². The third kappa shape index (κ3) is 8.78. The predicted octanol–water partition coefficient (Wildman–Crippen LogP) is 11.0. The third-order valence-corrected chi connectivity index (χ3v) is 8.52. The van der Waals surface area contributed by atoms with E-state index in [2.05, 4.69) is 86.4 Å². The molecule has 0 spiro atoms. The normalized spacial score (nSPS) is 17.5. The molecule has 1 saturated carbocycles. The third-order valence-electron chi connectivity index (χ3n) is 8.52. The average Bonchev–Trinajstić information content (AvgIpc) is 2.95. The van der Waals surface area contributed by atoms with Crippen LogP contribution in [0.5, 0.6) is 0 Å². The van der Waals surface area contributed by atoms with Crippen LogP contribution in [0.15, 0.2) is 60.7 Å². The molecule has 3 aromatic carbocycles. The van der Waals surface area contributed by atoms with Gasteiger partial charge in [0.2, 0.25) is 0 Å². The Hall–Kier alpha value is -2.52. The number of rotatable bonds is 12. The summed E-state index contributed by atoms with van der Waals surface area (Å²) in [7, 11) is 0. The first-order valence-corrected chi connectivity index (χ1v) is 15.4. The van der Waals surface area contributed by atoms with Crippen LogP contribution in [0.4, 0.5) is 0 Å². The highest BCUT2D eigenvalue weighted by atomic mass is 14.3. The molecule has 0 aromatic heterocycles. The van der Waals surface area contributed by atoms with Crippen molar-refractivity contribution in [2.24, 2.45) is 5.92 Å². The Labute approximate surface area is 227 Å². The van der Waals surface area contributed by atoms with E-state index < -0.39 is 0 Å². The molecule has 0 bridgehead atoms. The first-order chi connectivity index (χ1) is 18.2. The van der Waals surface area contributed by atoms with Crippen LogP contribution in [-0.4, -0.2) is 0 Å². The van der Waals surface area contributed by atoms with Crippen molar-refractivity contribution in [2.75, 3.05) is 0 Å². The highest BCUT2D eigenvalue weighted by Gasteiger charge is 2.21. The van der Waals surface area contributed by atoms with Gasteiger partial charge in [-0.15, -0.1) is 0 Å². The number of hydrogen-bond acceptors (Lipinski definition) is 0. The second-order valence-electron chi connectivity index (χ2n) is 11.5. The molecular formula is C37H48. The van der Waals surface area contributed by atoms with Crippen LogP contribution < -0.4 is 0 Å². The summed E-state index contributed by atoms with van der Waals surface area (Å²) >= 11 is 0. The van der Waals surface area contributed by atoms with Crippen LogP contribution in [0.25, 0.3) is 10.8 Å². The van der Waals surface area contributed by atoms with E-state index in [1.807, 2.05) is 0 Å². The van der Waals surface area contributed by atoms with Crippen molar-refractivity contribution in [3.8, 4) is 11.8 Å². The van der Waals surface area contributed by atoms with Gasteiger partial charge in [0.25, 0.3) is 0 Å². The minimum atomic E-state index is 0.746. The molecule has 0 saturated heterocycles. The number of benzene rings is 3. The summed E-state index contributed by atoms with van der Waals surface area (Å²) in [5, 5.41) is 2.62. The highest BCUT2D eigenvalue weighted by molar-refractivity contribution is 5.84. The SMILES string of the molecule is CCCCCCCc1ccc2cc(C#Cc3ccc(C4CCC(CCCCCC)CC4)cc3)ccc2c1. The van der Waals surface area contributed by atoms with E-state index >= 15 is 0 Å². The summed E-state index contributed by atoms with van der Waals surface area (Å²) in [6, 6.07) is 22.7. The standard InChI is InChI=1S/C37H48/c1-3-5-7-9-11-13-32-20-26-37-29-33(21-27-36(37)28-32)15-14-31-18-24-35(25-19-31)34-22-16-30(17-23-34)12-10-8-6-4-2/h18-21,24-30,34H,3-13,16-17,22-23H2,1-2H3. The molecule has 0 aliphatic heterocycles. The van der Waals surface area contributed by atoms with Gasteiger partial charge in [0, 0.05) is 11.1 Å². The molecule has 0 nitrogen and oxygen atoms in total. The van der Waals surface area contributed by atoms with E-state index in [4.69, 9.17) is 0 Å². The highest BCUT2D eigenvalue weighted by Crippen LogP contribution is 2.37. The van der Waals surface area contributed by atoms with Gasteiger partial charge >= 0.3 is 0 Å². The van der Waals surface area contributed by atoms with E-state index in [0.717, 1.165) is 23.0 Å². The summed E-state index contributed by atoms with van der Waals surface area (Å²) in [5.41, 5.74) is 5.19. The molecule has 3 aromatic rings. The Morgan fingerprint density at radius 1 is 0.595 bits per heavy atom. The molecular weight excluding hydrogens is 444 g/mol. The van der Waals surface area contributed by atoms with Crippen molar-refractivity contribution in [3.05, 3.63) is 82.9 Å². The molecule has 1 fully saturated rings. The van der Waals surface area contributed by atoms with E-state index in [-0.39, 0.29) is 0 Å². The lowest BCUT2D eigenvalue weighted by Crippen LogP contribution is -2.13. The van der Waals surface area contributed by atoms with Gasteiger partial charge in [0.15, 0.2) is 0 Å². The summed E-state index contributed by atoms with van der Waals surface area (Å²) < 4.78 is 0. The molecule has 37 heavy (non-hydrogen) atoms. The van der Waals surface area contributed by atoms with Crippen LogP contribution in [0.2, 0.25) is 0 Å². The molecule has 0 atom stereocenters. The van der Waals surface area contributed by atoms with Crippen LogP contribution >= 0.6 is 0 Å². The minimum absolute atomic E-state index is 0.746. The van der Waals surface area contributed by atoms with Crippen molar-refractivity contribution < 1.29 is 0 Å². The molecule has 0 N–H and O–H groups in total. The predicted molar refractivity (Wildman–Crippen MR) is 162 cm³/mol. The average molecular weight is 493 g/mol. The number of unbranched alkanes of at least 4 members (excludes halogenated alkanes) is 7. The molecule has 4 rings (SSSR count). The van der Waals surface area contributed by atoms with Gasteiger partial charge in [-0.1, -0.05) is 120 Å². The first kappa shape index (κ1) is 27.5. The lowest BCUT2D eigenvalue weighted by Gasteiger charge is -2.29. The molecule has 0 heteroatoms. The Morgan fingerprint density at radius 2 is 1.22 bits per heavy atom. The van der Waals surface area contributed by atoms with E-state index in [1.165, 1.54) is 118 Å². The largest absolute Gasteiger partial charge is 0.0654 e. The van der Waals surface area contributed by atoms with Crippen molar-refractivity contribution in [1.29, 1.82) is 0 Å². The fourth-order valence-corrected chi connectivity index (χ4v) is 6.09. The molecule has 196 valence electrons.